The van der Waals surface area contributed by atoms with Crippen LogP contribution >= 0.6 is 0 Å². The summed E-state index contributed by atoms with van der Waals surface area (Å²) in [5.41, 5.74) is 4.77. The van der Waals surface area contributed by atoms with Gasteiger partial charge in [0.25, 0.3) is 0 Å². The van der Waals surface area contributed by atoms with Crippen molar-refractivity contribution in [3.63, 3.8) is 0 Å². The molecule has 1 aromatic rings. The fourth-order valence-corrected chi connectivity index (χ4v) is 1.63. The zero-order chi connectivity index (χ0) is 13.9. The summed E-state index contributed by atoms with van der Waals surface area (Å²) in [5.74, 6) is -1.79. The molecule has 0 aromatic heterocycles. The van der Waals surface area contributed by atoms with Crippen molar-refractivity contribution in [2.45, 2.75) is 19.4 Å². The summed E-state index contributed by atoms with van der Waals surface area (Å²) in [6, 6.07) is 2.18. The molecule has 18 heavy (non-hydrogen) atoms. The van der Waals surface area contributed by atoms with Crippen LogP contribution in [0.3, 0.4) is 0 Å². The van der Waals surface area contributed by atoms with Gasteiger partial charge in [0.1, 0.15) is 5.82 Å². The van der Waals surface area contributed by atoms with Crippen LogP contribution in [0.5, 0.6) is 0 Å². The summed E-state index contributed by atoms with van der Waals surface area (Å²) in [4.78, 5) is 10.9. The second-order valence-electron chi connectivity index (χ2n) is 4.67. The average Bonchev–Trinajstić information content (AvgIpc) is 2.21. The number of halogens is 1. The van der Waals surface area contributed by atoms with Crippen LogP contribution < -0.4 is 11.1 Å². The van der Waals surface area contributed by atoms with Gasteiger partial charge in [-0.05, 0) is 26.0 Å². The lowest BCUT2D eigenvalue weighted by Gasteiger charge is -2.27. The summed E-state index contributed by atoms with van der Waals surface area (Å²) in [6.45, 7) is 3.97. The maximum Gasteiger partial charge on any atom is 0.337 e. The zero-order valence-corrected chi connectivity index (χ0v) is 10.6. The standard InChI is InChI=1S/C12H17FN2O3/c1-12(2,6-18-3)15-10-4-7(11(16)17)9(14)5-8(10)13/h4-5,15H,6,14H2,1-3H3,(H,16,17). The number of carboxylic acid groups (broad SMARTS) is 1. The molecule has 0 atom stereocenters. The SMILES string of the molecule is COCC(C)(C)Nc1cc(C(=O)O)c(N)cc1F. The van der Waals surface area contributed by atoms with Crippen molar-refractivity contribution in [2.75, 3.05) is 24.8 Å². The molecule has 0 aliphatic carbocycles. The third-order valence-electron chi connectivity index (χ3n) is 2.35. The Kier molecular flexibility index (Phi) is 4.13. The Morgan fingerprint density at radius 2 is 2.17 bits per heavy atom. The summed E-state index contributed by atoms with van der Waals surface area (Å²) < 4.78 is 18.7. The summed E-state index contributed by atoms with van der Waals surface area (Å²) in [6.07, 6.45) is 0. The predicted molar refractivity (Wildman–Crippen MR) is 67.3 cm³/mol. The lowest BCUT2D eigenvalue weighted by atomic mass is 10.1. The van der Waals surface area contributed by atoms with Crippen LogP contribution in [-0.2, 0) is 4.74 Å². The molecule has 1 rings (SSSR count). The molecule has 0 unspecified atom stereocenters. The van der Waals surface area contributed by atoms with E-state index in [-0.39, 0.29) is 16.9 Å². The van der Waals surface area contributed by atoms with E-state index in [1.54, 1.807) is 0 Å². The van der Waals surface area contributed by atoms with Gasteiger partial charge in [0, 0.05) is 12.8 Å². The first-order chi connectivity index (χ1) is 8.26. The number of ether oxygens (including phenoxy) is 1. The average molecular weight is 256 g/mol. The topological polar surface area (TPSA) is 84.6 Å². The second kappa shape index (κ2) is 5.22. The number of nitrogens with two attached hydrogens (primary N) is 1. The number of nitrogens with one attached hydrogen (secondary N) is 1. The molecule has 0 saturated heterocycles. The fourth-order valence-electron chi connectivity index (χ4n) is 1.63. The van der Waals surface area contributed by atoms with Crippen LogP contribution in [0, 0.1) is 5.82 Å². The molecule has 0 saturated carbocycles. The van der Waals surface area contributed by atoms with Gasteiger partial charge in [0.05, 0.1) is 23.4 Å². The van der Waals surface area contributed by atoms with Gasteiger partial charge in [-0.2, -0.15) is 0 Å². The smallest absolute Gasteiger partial charge is 0.337 e. The molecule has 6 heteroatoms. The third-order valence-corrected chi connectivity index (χ3v) is 2.35. The summed E-state index contributed by atoms with van der Waals surface area (Å²) in [5, 5.41) is 11.8. The number of benzene rings is 1. The van der Waals surface area contributed by atoms with Gasteiger partial charge >= 0.3 is 5.97 Å². The minimum Gasteiger partial charge on any atom is -0.478 e. The van der Waals surface area contributed by atoms with E-state index < -0.39 is 17.3 Å². The Labute approximate surface area is 105 Å². The number of hydrogen-bond donors (Lipinski definition) is 3. The molecular formula is C12H17FN2O3. The molecule has 0 amide bonds. The number of aromatic carboxylic acids is 1. The van der Waals surface area contributed by atoms with Gasteiger partial charge in [0.15, 0.2) is 0 Å². The Bertz CT molecular complexity index is 461. The van der Waals surface area contributed by atoms with E-state index >= 15 is 0 Å². The predicted octanol–water partition coefficient (Wildman–Crippen LogP) is 1.94. The van der Waals surface area contributed by atoms with E-state index in [4.69, 9.17) is 15.6 Å². The van der Waals surface area contributed by atoms with E-state index in [1.165, 1.54) is 13.2 Å². The maximum atomic E-state index is 13.7. The minimum absolute atomic E-state index is 0.0867. The normalized spacial score (nSPS) is 11.3. The minimum atomic E-state index is -1.19. The van der Waals surface area contributed by atoms with Gasteiger partial charge in [-0.1, -0.05) is 0 Å². The van der Waals surface area contributed by atoms with Gasteiger partial charge in [-0.25, -0.2) is 9.18 Å². The number of hydrogen-bond acceptors (Lipinski definition) is 4. The Morgan fingerprint density at radius 1 is 1.56 bits per heavy atom. The Hall–Kier alpha value is -1.82. The number of rotatable bonds is 5. The Balaban J connectivity index is 3.09. The first kappa shape index (κ1) is 14.2. The van der Waals surface area contributed by atoms with Crippen LogP contribution in [0.2, 0.25) is 0 Å². The van der Waals surface area contributed by atoms with Gasteiger partial charge in [-0.15, -0.1) is 0 Å². The van der Waals surface area contributed by atoms with Crippen LogP contribution in [0.25, 0.3) is 0 Å². The number of nitrogen functional groups attached to an aromatic ring is 1. The van der Waals surface area contributed by atoms with Crippen LogP contribution in [-0.4, -0.2) is 30.3 Å². The maximum absolute atomic E-state index is 13.7. The van der Waals surface area contributed by atoms with Crippen molar-refractivity contribution in [3.8, 4) is 0 Å². The molecule has 4 N–H and O–H groups in total. The van der Waals surface area contributed by atoms with Gasteiger partial charge in [-0.3, -0.25) is 0 Å². The molecule has 5 nitrogen and oxygen atoms in total. The molecule has 0 heterocycles. The van der Waals surface area contributed by atoms with Crippen molar-refractivity contribution in [2.24, 2.45) is 0 Å². The first-order valence-electron chi connectivity index (χ1n) is 5.36. The van der Waals surface area contributed by atoms with Crippen molar-refractivity contribution >= 4 is 17.3 Å². The highest BCUT2D eigenvalue weighted by Gasteiger charge is 2.21. The molecule has 0 spiro atoms. The van der Waals surface area contributed by atoms with Gasteiger partial charge in [0.2, 0.25) is 0 Å². The summed E-state index contributed by atoms with van der Waals surface area (Å²) >= 11 is 0. The highest BCUT2D eigenvalue weighted by atomic mass is 19.1. The summed E-state index contributed by atoms with van der Waals surface area (Å²) in [7, 11) is 1.53. The zero-order valence-electron chi connectivity index (χ0n) is 10.6. The highest BCUT2D eigenvalue weighted by molar-refractivity contribution is 5.94. The lowest BCUT2D eigenvalue weighted by Crippen LogP contribution is -2.36. The molecule has 0 fully saturated rings. The fraction of sp³-hybridized carbons (Fsp3) is 0.417. The number of carboxylic acids is 1. The quantitative estimate of drug-likeness (QED) is 0.701. The Morgan fingerprint density at radius 3 is 2.67 bits per heavy atom. The largest absolute Gasteiger partial charge is 0.478 e. The molecular weight excluding hydrogens is 239 g/mol. The van der Waals surface area contributed by atoms with E-state index in [0.29, 0.717) is 6.61 Å². The number of anilines is 2. The van der Waals surface area contributed by atoms with Crippen LogP contribution in [0.4, 0.5) is 15.8 Å². The third kappa shape index (κ3) is 3.33. The monoisotopic (exact) mass is 256 g/mol. The molecule has 0 radical (unpaired) electrons. The van der Waals surface area contributed by atoms with Crippen molar-refractivity contribution in [1.82, 2.24) is 0 Å². The molecule has 100 valence electrons. The lowest BCUT2D eigenvalue weighted by molar-refractivity contribution is 0.0698. The number of methoxy groups -OCH3 is 1. The van der Waals surface area contributed by atoms with E-state index in [1.807, 2.05) is 13.8 Å². The van der Waals surface area contributed by atoms with Gasteiger partial charge < -0.3 is 20.9 Å². The molecule has 1 aromatic carbocycles. The van der Waals surface area contributed by atoms with Crippen molar-refractivity contribution < 1.29 is 19.0 Å². The number of carbonyl (C=O) groups is 1. The van der Waals surface area contributed by atoms with Crippen molar-refractivity contribution in [3.05, 3.63) is 23.5 Å². The molecule has 0 bridgehead atoms. The van der Waals surface area contributed by atoms with E-state index in [9.17, 15) is 9.18 Å². The second-order valence-corrected chi connectivity index (χ2v) is 4.67. The first-order valence-corrected chi connectivity index (χ1v) is 5.36. The van der Waals surface area contributed by atoms with Crippen molar-refractivity contribution in [1.29, 1.82) is 0 Å². The molecule has 0 aliphatic rings. The van der Waals surface area contributed by atoms with E-state index in [0.717, 1.165) is 6.07 Å². The molecule has 0 aliphatic heterocycles. The van der Waals surface area contributed by atoms with Crippen LogP contribution in [0.15, 0.2) is 12.1 Å². The highest BCUT2D eigenvalue weighted by Crippen LogP contribution is 2.25. The van der Waals surface area contributed by atoms with E-state index in [2.05, 4.69) is 5.32 Å². The van der Waals surface area contributed by atoms with Crippen LogP contribution in [0.1, 0.15) is 24.2 Å².